The van der Waals surface area contributed by atoms with Gasteiger partial charge in [-0.05, 0) is 62.3 Å². The van der Waals surface area contributed by atoms with E-state index in [1.807, 2.05) is 17.0 Å². The van der Waals surface area contributed by atoms with E-state index in [0.29, 0.717) is 0 Å². The molecule has 1 fully saturated rings. The van der Waals surface area contributed by atoms with Crippen LogP contribution in [-0.4, -0.2) is 43.0 Å². The van der Waals surface area contributed by atoms with Crippen LogP contribution < -0.4 is 11.1 Å². The first kappa shape index (κ1) is 18.9. The van der Waals surface area contributed by atoms with Crippen LogP contribution in [0.4, 0.5) is 4.39 Å². The normalized spacial score (nSPS) is 18.4. The monoisotopic (exact) mass is 335 g/mol. The van der Waals surface area contributed by atoms with Gasteiger partial charge in [-0.1, -0.05) is 19.1 Å². The summed E-state index contributed by atoms with van der Waals surface area (Å²) in [6.07, 6.45) is 3.89. The van der Waals surface area contributed by atoms with Gasteiger partial charge in [-0.25, -0.2) is 4.39 Å². The maximum Gasteiger partial charge on any atom is 0.239 e. The van der Waals surface area contributed by atoms with Crippen LogP contribution in [0.2, 0.25) is 0 Å². The summed E-state index contributed by atoms with van der Waals surface area (Å²) in [5.74, 6) is -0.166. The number of nitrogens with one attached hydrogen (secondary N) is 1. The van der Waals surface area contributed by atoms with Crippen molar-refractivity contribution in [2.24, 2.45) is 11.1 Å². The minimum Gasteiger partial charge on any atom is -0.341 e. The zero-order valence-corrected chi connectivity index (χ0v) is 14.9. The van der Waals surface area contributed by atoms with Crippen LogP contribution in [-0.2, 0) is 11.2 Å². The molecule has 0 saturated carbocycles. The molecule has 2 rings (SSSR count). The molecule has 1 unspecified atom stereocenters. The Kier molecular flexibility index (Phi) is 6.75. The quantitative estimate of drug-likeness (QED) is 0.752. The van der Waals surface area contributed by atoms with Crippen molar-refractivity contribution in [3.8, 4) is 0 Å². The van der Waals surface area contributed by atoms with Gasteiger partial charge in [0.2, 0.25) is 5.91 Å². The van der Waals surface area contributed by atoms with Gasteiger partial charge in [0.15, 0.2) is 0 Å². The van der Waals surface area contributed by atoms with Crippen molar-refractivity contribution in [1.82, 2.24) is 10.2 Å². The lowest BCUT2D eigenvalue weighted by Gasteiger charge is -2.43. The number of halogens is 1. The number of rotatable bonds is 7. The third-order valence-corrected chi connectivity index (χ3v) is 4.94. The number of hydrogen-bond donors (Lipinski definition) is 2. The number of amides is 1. The van der Waals surface area contributed by atoms with E-state index in [2.05, 4.69) is 12.2 Å². The topological polar surface area (TPSA) is 58.4 Å². The molecule has 1 saturated heterocycles. The molecule has 0 aliphatic carbocycles. The Morgan fingerprint density at radius 1 is 1.33 bits per heavy atom. The molecule has 1 aliphatic heterocycles. The predicted molar refractivity (Wildman–Crippen MR) is 95.2 cm³/mol. The minimum absolute atomic E-state index is 0.0342. The van der Waals surface area contributed by atoms with Gasteiger partial charge < -0.3 is 16.0 Å². The fraction of sp³-hybridized carbons (Fsp3) is 0.632. The smallest absolute Gasteiger partial charge is 0.239 e. The van der Waals surface area contributed by atoms with Crippen LogP contribution in [0.1, 0.15) is 38.7 Å². The molecule has 4 nitrogen and oxygen atoms in total. The Labute approximate surface area is 144 Å². The molecule has 0 bridgehead atoms. The Bertz CT molecular complexity index is 522. The second-order valence-electron chi connectivity index (χ2n) is 7.09. The van der Waals surface area contributed by atoms with Gasteiger partial charge in [-0.3, -0.25) is 4.79 Å². The SMILES string of the molecule is CCCNCC1(Cc2ccc(F)cc2)CCN(C(=O)C(C)N)CC1. The van der Waals surface area contributed by atoms with Gasteiger partial charge in [-0.15, -0.1) is 0 Å². The van der Waals surface area contributed by atoms with E-state index < -0.39 is 6.04 Å². The van der Waals surface area contributed by atoms with E-state index in [0.717, 1.165) is 57.4 Å². The van der Waals surface area contributed by atoms with Crippen molar-refractivity contribution in [2.45, 2.75) is 45.6 Å². The molecule has 134 valence electrons. The van der Waals surface area contributed by atoms with E-state index in [1.165, 1.54) is 12.1 Å². The minimum atomic E-state index is -0.437. The van der Waals surface area contributed by atoms with E-state index in [9.17, 15) is 9.18 Å². The number of likely N-dealkylation sites (tertiary alicyclic amines) is 1. The van der Waals surface area contributed by atoms with Gasteiger partial charge >= 0.3 is 0 Å². The second-order valence-corrected chi connectivity index (χ2v) is 7.09. The molecule has 0 spiro atoms. The number of benzene rings is 1. The molecule has 3 N–H and O–H groups in total. The molecular weight excluding hydrogens is 305 g/mol. The van der Waals surface area contributed by atoms with Gasteiger partial charge in [0, 0.05) is 19.6 Å². The van der Waals surface area contributed by atoms with E-state index in [1.54, 1.807) is 6.92 Å². The Hall–Kier alpha value is -1.46. The summed E-state index contributed by atoms with van der Waals surface area (Å²) in [6.45, 7) is 7.31. The molecule has 0 aromatic heterocycles. The zero-order valence-electron chi connectivity index (χ0n) is 14.9. The first-order chi connectivity index (χ1) is 11.5. The van der Waals surface area contributed by atoms with Crippen LogP contribution in [0.15, 0.2) is 24.3 Å². The zero-order chi connectivity index (χ0) is 17.6. The number of nitrogens with two attached hydrogens (primary N) is 1. The highest BCUT2D eigenvalue weighted by Gasteiger charge is 2.36. The predicted octanol–water partition coefficient (Wildman–Crippen LogP) is 2.32. The van der Waals surface area contributed by atoms with Crippen LogP contribution in [0, 0.1) is 11.2 Å². The molecule has 1 aromatic carbocycles. The standard InChI is InChI=1S/C19H30FN3O/c1-3-10-22-14-19(13-16-4-6-17(20)7-5-16)8-11-23(12-9-19)18(24)15(2)21/h4-7,15,22H,3,8-14,21H2,1-2H3. The summed E-state index contributed by atoms with van der Waals surface area (Å²) >= 11 is 0. The first-order valence-corrected chi connectivity index (χ1v) is 8.95. The molecule has 1 aromatic rings. The summed E-state index contributed by atoms with van der Waals surface area (Å²) in [5, 5.41) is 3.54. The molecule has 0 radical (unpaired) electrons. The lowest BCUT2D eigenvalue weighted by atomic mass is 9.73. The van der Waals surface area contributed by atoms with Crippen LogP contribution in [0.25, 0.3) is 0 Å². The highest BCUT2D eigenvalue weighted by atomic mass is 19.1. The Morgan fingerprint density at radius 3 is 2.50 bits per heavy atom. The molecule has 1 amide bonds. The van der Waals surface area contributed by atoms with Crippen molar-refractivity contribution >= 4 is 5.91 Å². The number of carbonyl (C=O) groups excluding carboxylic acids is 1. The lowest BCUT2D eigenvalue weighted by Crippen LogP contribution is -2.51. The van der Waals surface area contributed by atoms with Crippen LogP contribution >= 0.6 is 0 Å². The summed E-state index contributed by atoms with van der Waals surface area (Å²) in [4.78, 5) is 14.0. The van der Waals surface area contributed by atoms with E-state index in [4.69, 9.17) is 5.73 Å². The number of nitrogens with zero attached hydrogens (tertiary/aromatic N) is 1. The van der Waals surface area contributed by atoms with Crippen molar-refractivity contribution in [2.75, 3.05) is 26.2 Å². The van der Waals surface area contributed by atoms with Gasteiger partial charge in [0.25, 0.3) is 0 Å². The molecule has 1 heterocycles. The molecule has 1 atom stereocenters. The molecular formula is C19H30FN3O. The summed E-state index contributed by atoms with van der Waals surface area (Å²) in [7, 11) is 0. The molecule has 1 aliphatic rings. The third-order valence-electron chi connectivity index (χ3n) is 4.94. The fourth-order valence-electron chi connectivity index (χ4n) is 3.47. The van der Waals surface area contributed by atoms with E-state index in [-0.39, 0.29) is 17.1 Å². The number of hydrogen-bond acceptors (Lipinski definition) is 3. The van der Waals surface area contributed by atoms with Crippen molar-refractivity contribution < 1.29 is 9.18 Å². The maximum absolute atomic E-state index is 13.2. The van der Waals surface area contributed by atoms with Gasteiger partial charge in [0.05, 0.1) is 6.04 Å². The summed E-state index contributed by atoms with van der Waals surface area (Å²) in [5.41, 5.74) is 7.00. The molecule has 5 heteroatoms. The number of carbonyl (C=O) groups is 1. The van der Waals surface area contributed by atoms with Crippen molar-refractivity contribution in [1.29, 1.82) is 0 Å². The summed E-state index contributed by atoms with van der Waals surface area (Å²) in [6, 6.07) is 6.36. The van der Waals surface area contributed by atoms with Crippen LogP contribution in [0.5, 0.6) is 0 Å². The lowest BCUT2D eigenvalue weighted by molar-refractivity contribution is -0.134. The molecule has 24 heavy (non-hydrogen) atoms. The van der Waals surface area contributed by atoms with Crippen LogP contribution in [0.3, 0.4) is 0 Å². The Morgan fingerprint density at radius 2 is 1.96 bits per heavy atom. The van der Waals surface area contributed by atoms with E-state index >= 15 is 0 Å². The fourth-order valence-corrected chi connectivity index (χ4v) is 3.47. The maximum atomic E-state index is 13.2. The Balaban J connectivity index is 2.05. The second kappa shape index (κ2) is 8.58. The average Bonchev–Trinajstić information content (AvgIpc) is 2.57. The highest BCUT2D eigenvalue weighted by molar-refractivity contribution is 5.81. The third kappa shape index (κ3) is 5.02. The summed E-state index contributed by atoms with van der Waals surface area (Å²) < 4.78 is 13.2. The van der Waals surface area contributed by atoms with Crippen molar-refractivity contribution in [3.63, 3.8) is 0 Å². The largest absolute Gasteiger partial charge is 0.341 e. The highest BCUT2D eigenvalue weighted by Crippen LogP contribution is 2.35. The van der Waals surface area contributed by atoms with Gasteiger partial charge in [0.1, 0.15) is 5.82 Å². The van der Waals surface area contributed by atoms with Gasteiger partial charge in [-0.2, -0.15) is 0 Å². The number of piperidine rings is 1. The van der Waals surface area contributed by atoms with Crippen molar-refractivity contribution in [3.05, 3.63) is 35.6 Å². The first-order valence-electron chi connectivity index (χ1n) is 8.95. The average molecular weight is 335 g/mol.